The van der Waals surface area contributed by atoms with Crippen molar-refractivity contribution >= 4 is 12.6 Å². The molecule has 0 amide bonds. The summed E-state index contributed by atoms with van der Waals surface area (Å²) in [5.74, 6) is -0.330. The second-order valence-electron chi connectivity index (χ2n) is 3.68. The fraction of sp³-hybridized carbons (Fsp3) is 0.333. The maximum absolute atomic E-state index is 12.7. The first-order valence-electron chi connectivity index (χ1n) is 5.47. The molecule has 2 nitrogen and oxygen atoms in total. The van der Waals surface area contributed by atoms with Crippen LogP contribution in [0.4, 0.5) is 4.39 Å². The lowest BCUT2D eigenvalue weighted by Gasteiger charge is -2.06. The normalized spacial score (nSPS) is 11.6. The highest BCUT2D eigenvalue weighted by atomic mass is 19.1. The van der Waals surface area contributed by atoms with Crippen LogP contribution in [-0.4, -0.2) is 17.2 Å². The summed E-state index contributed by atoms with van der Waals surface area (Å²) in [6, 6.07) is 5.72. The highest BCUT2D eigenvalue weighted by molar-refractivity contribution is 6.65. The van der Waals surface area contributed by atoms with Gasteiger partial charge in [-0.3, -0.25) is 0 Å². The summed E-state index contributed by atoms with van der Waals surface area (Å²) in [5.41, 5.74) is 1.08. The van der Waals surface area contributed by atoms with Crippen molar-refractivity contribution in [2.75, 3.05) is 0 Å². The van der Waals surface area contributed by atoms with Gasteiger partial charge in [-0.25, -0.2) is 4.39 Å². The van der Waals surface area contributed by atoms with Crippen LogP contribution in [0.1, 0.15) is 31.7 Å². The van der Waals surface area contributed by atoms with Crippen LogP contribution in [0.15, 0.2) is 30.3 Å². The Hall–Kier alpha value is -1.13. The van der Waals surface area contributed by atoms with E-state index in [2.05, 4.69) is 6.92 Å². The first-order valence-corrected chi connectivity index (χ1v) is 5.47. The molecule has 0 atom stereocenters. The number of hydrogen-bond donors (Lipinski definition) is 2. The molecule has 0 aliphatic carbocycles. The molecule has 1 rings (SSSR count). The maximum Gasteiger partial charge on any atom is 0.488 e. The predicted molar refractivity (Wildman–Crippen MR) is 64.1 cm³/mol. The summed E-state index contributed by atoms with van der Waals surface area (Å²) in [6.07, 6.45) is 4.63. The Balaban J connectivity index is 2.85. The number of allylic oxidation sites excluding steroid dienone is 1. The molecule has 0 spiro atoms. The second kappa shape index (κ2) is 6.46. The summed E-state index contributed by atoms with van der Waals surface area (Å²) in [6.45, 7) is 2.07. The van der Waals surface area contributed by atoms with Crippen LogP contribution in [0.5, 0.6) is 0 Å². The molecule has 2 N–H and O–H groups in total. The second-order valence-corrected chi connectivity index (χ2v) is 3.68. The molecule has 0 heterocycles. The average Bonchev–Trinajstić information content (AvgIpc) is 2.26. The molecule has 0 aliphatic rings. The average molecular weight is 222 g/mol. The topological polar surface area (TPSA) is 40.5 Å². The summed E-state index contributed by atoms with van der Waals surface area (Å²) in [7, 11) is -1.51. The van der Waals surface area contributed by atoms with Gasteiger partial charge in [0.25, 0.3) is 0 Å². The maximum atomic E-state index is 12.7. The monoisotopic (exact) mass is 222 g/mol. The molecule has 0 unspecified atom stereocenters. The van der Waals surface area contributed by atoms with Crippen molar-refractivity contribution < 1.29 is 14.4 Å². The zero-order valence-corrected chi connectivity index (χ0v) is 9.36. The van der Waals surface area contributed by atoms with E-state index in [9.17, 15) is 14.4 Å². The van der Waals surface area contributed by atoms with Crippen LogP contribution in [-0.2, 0) is 0 Å². The van der Waals surface area contributed by atoms with Crippen LogP contribution in [0.25, 0.3) is 5.47 Å². The lowest BCUT2D eigenvalue weighted by atomic mass is 9.74. The molecule has 0 fully saturated rings. The molecule has 1 aromatic rings. The largest absolute Gasteiger partial charge is 0.488 e. The van der Waals surface area contributed by atoms with Crippen molar-refractivity contribution in [2.45, 2.75) is 26.2 Å². The van der Waals surface area contributed by atoms with Gasteiger partial charge in [0.2, 0.25) is 0 Å². The van der Waals surface area contributed by atoms with E-state index in [1.807, 2.05) is 0 Å². The minimum Gasteiger partial charge on any atom is -0.423 e. The molecule has 0 aliphatic heterocycles. The number of benzene rings is 1. The van der Waals surface area contributed by atoms with Crippen LogP contribution >= 0.6 is 0 Å². The molecule has 0 radical (unpaired) electrons. The molecular weight excluding hydrogens is 206 g/mol. The van der Waals surface area contributed by atoms with Crippen LogP contribution in [0, 0.1) is 5.82 Å². The van der Waals surface area contributed by atoms with Gasteiger partial charge >= 0.3 is 7.12 Å². The Bertz CT molecular complexity index is 347. The lowest BCUT2D eigenvalue weighted by Crippen LogP contribution is -2.14. The Morgan fingerprint density at radius 3 is 2.44 bits per heavy atom. The van der Waals surface area contributed by atoms with Gasteiger partial charge in [0.1, 0.15) is 5.82 Å². The van der Waals surface area contributed by atoms with Gasteiger partial charge in [-0.1, -0.05) is 38.0 Å². The Morgan fingerprint density at radius 2 is 1.94 bits per heavy atom. The number of unbranched alkanes of at least 4 members (excludes halogenated alkanes) is 2. The summed E-state index contributed by atoms with van der Waals surface area (Å²) >= 11 is 0. The van der Waals surface area contributed by atoms with E-state index in [1.54, 1.807) is 18.2 Å². The van der Waals surface area contributed by atoms with Crippen molar-refractivity contribution in [1.29, 1.82) is 0 Å². The lowest BCUT2D eigenvalue weighted by molar-refractivity contribution is 0.427. The molecule has 1 aromatic carbocycles. The third-order valence-electron chi connectivity index (χ3n) is 2.38. The summed E-state index contributed by atoms with van der Waals surface area (Å²) in [5, 5.41) is 18.5. The van der Waals surface area contributed by atoms with E-state index in [-0.39, 0.29) is 5.82 Å². The summed E-state index contributed by atoms with van der Waals surface area (Å²) < 4.78 is 12.7. The molecular formula is C12H16BFO2. The van der Waals surface area contributed by atoms with Gasteiger partial charge in [0.05, 0.1) is 0 Å². The fourth-order valence-corrected chi connectivity index (χ4v) is 1.48. The Labute approximate surface area is 95.6 Å². The highest BCUT2D eigenvalue weighted by Crippen LogP contribution is 2.17. The standard InChI is InChI=1S/C12H16BFO2/c1-2-3-4-5-12(13(15)16)10-6-8-11(14)9-7-10/h5-9,15-16H,2-4H2,1H3/b12-5+. The first-order chi connectivity index (χ1) is 7.65. The van der Waals surface area contributed by atoms with Crippen LogP contribution in [0.3, 0.4) is 0 Å². The van der Waals surface area contributed by atoms with Crippen LogP contribution in [0.2, 0.25) is 0 Å². The van der Waals surface area contributed by atoms with Crippen molar-refractivity contribution in [1.82, 2.24) is 0 Å². The van der Waals surface area contributed by atoms with Gasteiger partial charge in [-0.2, -0.15) is 0 Å². The zero-order valence-electron chi connectivity index (χ0n) is 9.36. The van der Waals surface area contributed by atoms with Gasteiger partial charge in [-0.15, -0.1) is 0 Å². The van der Waals surface area contributed by atoms with E-state index >= 15 is 0 Å². The molecule has 0 saturated carbocycles. The Kier molecular flexibility index (Phi) is 5.22. The number of rotatable bonds is 5. The molecule has 86 valence electrons. The van der Waals surface area contributed by atoms with E-state index in [1.165, 1.54) is 12.1 Å². The number of hydrogen-bond acceptors (Lipinski definition) is 2. The number of halogens is 1. The van der Waals surface area contributed by atoms with Crippen molar-refractivity contribution in [3.8, 4) is 0 Å². The quantitative estimate of drug-likeness (QED) is 0.593. The Morgan fingerprint density at radius 1 is 1.31 bits per heavy atom. The van der Waals surface area contributed by atoms with E-state index < -0.39 is 7.12 Å². The van der Waals surface area contributed by atoms with E-state index in [0.717, 1.165) is 19.3 Å². The zero-order chi connectivity index (χ0) is 12.0. The van der Waals surface area contributed by atoms with Gasteiger partial charge in [0, 0.05) is 0 Å². The fourth-order valence-electron chi connectivity index (χ4n) is 1.48. The highest BCUT2D eigenvalue weighted by Gasteiger charge is 2.16. The molecule has 16 heavy (non-hydrogen) atoms. The minimum absolute atomic E-state index is 0.330. The molecule has 4 heteroatoms. The summed E-state index contributed by atoms with van der Waals surface area (Å²) in [4.78, 5) is 0. The minimum atomic E-state index is -1.51. The third kappa shape index (κ3) is 3.79. The van der Waals surface area contributed by atoms with E-state index in [0.29, 0.717) is 11.0 Å². The van der Waals surface area contributed by atoms with Crippen LogP contribution < -0.4 is 0 Å². The smallest absolute Gasteiger partial charge is 0.423 e. The van der Waals surface area contributed by atoms with Gasteiger partial charge < -0.3 is 10.0 Å². The van der Waals surface area contributed by atoms with E-state index in [4.69, 9.17) is 0 Å². The van der Waals surface area contributed by atoms with Crippen molar-refractivity contribution in [2.24, 2.45) is 0 Å². The molecule has 0 bridgehead atoms. The van der Waals surface area contributed by atoms with Gasteiger partial charge in [0.15, 0.2) is 0 Å². The van der Waals surface area contributed by atoms with Gasteiger partial charge in [-0.05, 0) is 29.6 Å². The first kappa shape index (κ1) is 12.9. The SMILES string of the molecule is CCCC/C=C(/B(O)O)c1ccc(F)cc1. The van der Waals surface area contributed by atoms with Crippen molar-refractivity contribution in [3.05, 3.63) is 41.7 Å². The third-order valence-corrected chi connectivity index (χ3v) is 2.38. The molecule has 0 aromatic heterocycles. The molecule has 0 saturated heterocycles. The van der Waals surface area contributed by atoms with Crippen molar-refractivity contribution in [3.63, 3.8) is 0 Å². The predicted octanol–water partition coefficient (Wildman–Crippen LogP) is 2.41.